The molecule has 1 aliphatic carbocycles. The number of aromatic nitrogens is 2. The zero-order valence-electron chi connectivity index (χ0n) is 15.4. The number of allylic oxidation sites excluding steroid dienone is 1. The van der Waals surface area contributed by atoms with Crippen LogP contribution in [0.2, 0.25) is 5.02 Å². The van der Waals surface area contributed by atoms with Gasteiger partial charge in [-0.2, -0.15) is 0 Å². The van der Waals surface area contributed by atoms with E-state index in [1.165, 1.54) is 22.7 Å². The minimum atomic E-state index is -0.175. The second-order valence-electron chi connectivity index (χ2n) is 6.98. The van der Waals surface area contributed by atoms with Gasteiger partial charge in [0.1, 0.15) is 0 Å². The van der Waals surface area contributed by atoms with Gasteiger partial charge in [0.15, 0.2) is 5.16 Å². The molecule has 1 amide bonds. The monoisotopic (exact) mass is 405 g/mol. The van der Waals surface area contributed by atoms with Gasteiger partial charge in [-0.1, -0.05) is 49.2 Å². The smallest absolute Gasteiger partial charge is 0.262 e. The number of carbonyl (C=O) groups is 1. The van der Waals surface area contributed by atoms with Gasteiger partial charge in [0.2, 0.25) is 5.91 Å². The van der Waals surface area contributed by atoms with Crippen molar-refractivity contribution in [3.05, 3.63) is 46.2 Å². The third kappa shape index (κ3) is 4.74. The van der Waals surface area contributed by atoms with E-state index in [-0.39, 0.29) is 23.3 Å². The molecule has 1 N–H and O–H groups in total. The molecule has 1 aromatic carbocycles. The average molecular weight is 406 g/mol. The number of fused-ring (bicyclic) bond motifs is 1. The second kappa shape index (κ2) is 8.93. The Kier molecular flexibility index (Phi) is 6.60. The molecule has 0 bridgehead atoms. The van der Waals surface area contributed by atoms with Crippen molar-refractivity contribution in [2.24, 2.45) is 5.92 Å². The van der Waals surface area contributed by atoms with Crippen LogP contribution in [0, 0.1) is 5.92 Å². The number of benzene rings is 1. The minimum absolute atomic E-state index is 0.0191. The number of rotatable bonds is 6. The molecule has 1 fully saturated rings. The van der Waals surface area contributed by atoms with Gasteiger partial charge in [0.05, 0.1) is 16.7 Å². The highest BCUT2D eigenvalue weighted by molar-refractivity contribution is 7.99. The summed E-state index contributed by atoms with van der Waals surface area (Å²) in [6, 6.07) is 5.30. The Morgan fingerprint density at radius 1 is 1.44 bits per heavy atom. The van der Waals surface area contributed by atoms with E-state index in [1.54, 1.807) is 24.3 Å². The van der Waals surface area contributed by atoms with Crippen LogP contribution < -0.4 is 10.9 Å². The summed E-state index contributed by atoms with van der Waals surface area (Å²) < 4.78 is 1.53. The van der Waals surface area contributed by atoms with Gasteiger partial charge in [-0.3, -0.25) is 14.2 Å². The number of hydrogen-bond donors (Lipinski definition) is 1. The van der Waals surface area contributed by atoms with Crippen LogP contribution in [0.25, 0.3) is 10.9 Å². The highest BCUT2D eigenvalue weighted by Gasteiger charge is 2.23. The van der Waals surface area contributed by atoms with E-state index < -0.39 is 0 Å². The van der Waals surface area contributed by atoms with Crippen molar-refractivity contribution in [1.29, 1.82) is 0 Å². The molecule has 1 aromatic heterocycles. The first-order chi connectivity index (χ1) is 13.0. The van der Waals surface area contributed by atoms with Crippen molar-refractivity contribution in [1.82, 2.24) is 14.9 Å². The zero-order valence-corrected chi connectivity index (χ0v) is 17.0. The van der Waals surface area contributed by atoms with Gasteiger partial charge in [-0.05, 0) is 37.0 Å². The Morgan fingerprint density at radius 2 is 2.22 bits per heavy atom. The van der Waals surface area contributed by atoms with Crippen LogP contribution in [0.3, 0.4) is 0 Å². The van der Waals surface area contributed by atoms with Crippen LogP contribution >= 0.6 is 23.4 Å². The summed E-state index contributed by atoms with van der Waals surface area (Å²) in [6.45, 7) is 6.24. The standard InChI is InChI=1S/C20H24ClN3O2S/c1-3-10-24-19(26)15-11-14(21)8-9-17(15)23-20(24)27-12-18(25)22-16-7-5-4-6-13(16)2/h3,8-9,11,13,16H,1,4-7,10,12H2,2H3,(H,22,25)/t13-,16+/m1/s1. The Bertz CT molecular complexity index is 912. The molecule has 0 radical (unpaired) electrons. The SMILES string of the molecule is C=CCn1c(SCC(=O)N[C@H]2CCCC[C@H]2C)nc2ccc(Cl)cc2c1=O. The first-order valence-electron chi connectivity index (χ1n) is 9.22. The van der Waals surface area contributed by atoms with Gasteiger partial charge >= 0.3 is 0 Å². The molecular formula is C20H24ClN3O2S. The summed E-state index contributed by atoms with van der Waals surface area (Å²) in [4.78, 5) is 29.8. The average Bonchev–Trinajstić information content (AvgIpc) is 2.65. The van der Waals surface area contributed by atoms with E-state index >= 15 is 0 Å². The second-order valence-corrected chi connectivity index (χ2v) is 8.36. The summed E-state index contributed by atoms with van der Waals surface area (Å²) in [7, 11) is 0. The highest BCUT2D eigenvalue weighted by atomic mass is 35.5. The van der Waals surface area contributed by atoms with Crippen LogP contribution in [-0.2, 0) is 11.3 Å². The normalized spacial score (nSPS) is 19.8. The first kappa shape index (κ1) is 20.0. The van der Waals surface area contributed by atoms with Crippen molar-refractivity contribution in [2.75, 3.05) is 5.75 Å². The summed E-state index contributed by atoms with van der Waals surface area (Å²) in [5.74, 6) is 0.718. The molecule has 3 rings (SSSR count). The first-order valence-corrected chi connectivity index (χ1v) is 10.6. The Morgan fingerprint density at radius 3 is 2.96 bits per heavy atom. The van der Waals surface area contributed by atoms with Crippen molar-refractivity contribution in [3.63, 3.8) is 0 Å². The van der Waals surface area contributed by atoms with Crippen LogP contribution in [0.15, 0.2) is 40.8 Å². The molecule has 5 nitrogen and oxygen atoms in total. The lowest BCUT2D eigenvalue weighted by Gasteiger charge is -2.29. The maximum atomic E-state index is 12.8. The minimum Gasteiger partial charge on any atom is -0.352 e. The fraction of sp³-hybridized carbons (Fsp3) is 0.450. The molecule has 1 heterocycles. The molecule has 0 saturated heterocycles. The van der Waals surface area contributed by atoms with E-state index in [9.17, 15) is 9.59 Å². The van der Waals surface area contributed by atoms with Crippen LogP contribution in [0.1, 0.15) is 32.6 Å². The highest BCUT2D eigenvalue weighted by Crippen LogP contribution is 2.24. The molecule has 1 aliphatic rings. The van der Waals surface area contributed by atoms with Crippen molar-refractivity contribution >= 4 is 40.2 Å². The topological polar surface area (TPSA) is 64.0 Å². The van der Waals surface area contributed by atoms with E-state index in [0.717, 1.165) is 19.3 Å². The largest absolute Gasteiger partial charge is 0.352 e. The lowest BCUT2D eigenvalue weighted by atomic mass is 9.86. The number of carbonyl (C=O) groups excluding carboxylic acids is 1. The maximum Gasteiger partial charge on any atom is 0.262 e. The number of nitrogens with one attached hydrogen (secondary N) is 1. The Hall–Kier alpha value is -1.79. The molecule has 7 heteroatoms. The molecule has 144 valence electrons. The van der Waals surface area contributed by atoms with Crippen LogP contribution in [0.4, 0.5) is 0 Å². The predicted octanol–water partition coefficient (Wildman–Crippen LogP) is 4.02. The van der Waals surface area contributed by atoms with E-state index in [1.807, 2.05) is 0 Å². The molecular weight excluding hydrogens is 382 g/mol. The van der Waals surface area contributed by atoms with Gasteiger partial charge in [-0.25, -0.2) is 4.98 Å². The third-order valence-electron chi connectivity index (χ3n) is 4.98. The molecule has 2 atom stereocenters. The van der Waals surface area contributed by atoms with Gasteiger partial charge < -0.3 is 5.32 Å². The summed E-state index contributed by atoms with van der Waals surface area (Å²) in [6.07, 6.45) is 6.24. The van der Waals surface area contributed by atoms with Gasteiger partial charge in [0.25, 0.3) is 5.56 Å². The number of nitrogens with zero attached hydrogens (tertiary/aromatic N) is 2. The van der Waals surface area contributed by atoms with E-state index in [4.69, 9.17) is 11.6 Å². The molecule has 0 aliphatic heterocycles. The maximum absolute atomic E-state index is 12.8. The van der Waals surface area contributed by atoms with Gasteiger partial charge in [0, 0.05) is 17.6 Å². The number of amides is 1. The number of thioether (sulfide) groups is 1. The third-order valence-corrected chi connectivity index (χ3v) is 6.19. The molecule has 1 saturated carbocycles. The molecule has 2 aromatic rings. The lowest BCUT2D eigenvalue weighted by Crippen LogP contribution is -2.41. The van der Waals surface area contributed by atoms with Crippen molar-refractivity contribution < 1.29 is 4.79 Å². The van der Waals surface area contributed by atoms with Gasteiger partial charge in [-0.15, -0.1) is 6.58 Å². The zero-order chi connectivity index (χ0) is 19.4. The lowest BCUT2D eigenvalue weighted by molar-refractivity contribution is -0.119. The fourth-order valence-corrected chi connectivity index (χ4v) is 4.47. The van der Waals surface area contributed by atoms with Crippen molar-refractivity contribution in [3.8, 4) is 0 Å². The van der Waals surface area contributed by atoms with Crippen LogP contribution in [0.5, 0.6) is 0 Å². The molecule has 0 spiro atoms. The van der Waals surface area contributed by atoms with E-state index in [2.05, 4.69) is 23.8 Å². The Balaban J connectivity index is 1.78. The Labute approximate surface area is 168 Å². The molecule has 0 unspecified atom stereocenters. The van der Waals surface area contributed by atoms with E-state index in [0.29, 0.717) is 33.5 Å². The molecule has 27 heavy (non-hydrogen) atoms. The quantitative estimate of drug-likeness (QED) is 0.448. The fourth-order valence-electron chi connectivity index (χ4n) is 3.48. The van der Waals surface area contributed by atoms with Crippen molar-refractivity contribution in [2.45, 2.75) is 50.4 Å². The summed E-state index contributed by atoms with van der Waals surface area (Å²) in [5, 5.41) is 4.61. The number of hydrogen-bond acceptors (Lipinski definition) is 4. The van der Waals surface area contributed by atoms with Crippen LogP contribution in [-0.4, -0.2) is 27.3 Å². The number of halogens is 1. The summed E-state index contributed by atoms with van der Waals surface area (Å²) in [5.41, 5.74) is 0.403. The predicted molar refractivity (Wildman–Crippen MR) is 111 cm³/mol. The summed E-state index contributed by atoms with van der Waals surface area (Å²) >= 11 is 7.29.